The Morgan fingerprint density at radius 3 is 2.55 bits per heavy atom. The highest BCUT2D eigenvalue weighted by Gasteiger charge is 2.43. The van der Waals surface area contributed by atoms with Gasteiger partial charge in [0.1, 0.15) is 11.3 Å². The first kappa shape index (κ1) is 24.4. The van der Waals surface area contributed by atoms with Gasteiger partial charge < -0.3 is 14.2 Å². The molecule has 1 aliphatic carbocycles. The second kappa shape index (κ2) is 9.43. The van der Waals surface area contributed by atoms with Gasteiger partial charge in [0, 0.05) is 29.8 Å². The zero-order valence-electron chi connectivity index (χ0n) is 20.3. The van der Waals surface area contributed by atoms with E-state index in [0.717, 1.165) is 29.7 Å². The maximum absolute atomic E-state index is 14.2. The quantitative estimate of drug-likeness (QED) is 0.339. The Balaban J connectivity index is 1.31. The molecule has 2 aliphatic rings. The third-order valence-electron chi connectivity index (χ3n) is 7.34. The van der Waals surface area contributed by atoms with Crippen LogP contribution in [-0.4, -0.2) is 39.4 Å². The summed E-state index contributed by atoms with van der Waals surface area (Å²) in [7, 11) is 0. The molecule has 1 aliphatic heterocycles. The van der Waals surface area contributed by atoms with E-state index in [9.17, 15) is 23.1 Å². The fourth-order valence-electron chi connectivity index (χ4n) is 5.54. The summed E-state index contributed by atoms with van der Waals surface area (Å²) in [5, 5.41) is 17.3. The van der Waals surface area contributed by atoms with Gasteiger partial charge in [-0.1, -0.05) is 58.8 Å². The number of hydrogen-bond donors (Lipinski definition) is 1. The van der Waals surface area contributed by atoms with Crippen LogP contribution in [0.4, 0.5) is 13.2 Å². The molecule has 0 bridgehead atoms. The van der Waals surface area contributed by atoms with Crippen LogP contribution in [-0.2, 0) is 30.4 Å². The van der Waals surface area contributed by atoms with Crippen molar-refractivity contribution in [1.29, 1.82) is 0 Å². The number of fused-ring (bicyclic) bond motifs is 3. The zero-order chi connectivity index (χ0) is 26.4. The maximum Gasteiger partial charge on any atom is 0.422 e. The van der Waals surface area contributed by atoms with E-state index >= 15 is 0 Å². The van der Waals surface area contributed by atoms with Crippen LogP contribution in [0.1, 0.15) is 35.1 Å². The summed E-state index contributed by atoms with van der Waals surface area (Å²) in [4.78, 5) is 13.6. The SMILES string of the molecule is O=C(O)[C@H]1CCCN(Cc2ccc3c(c2)CCc2c-3noc2-c2noc(-c3ccccc3)c2C(F)(F)F)C1. The number of carboxylic acid groups (broad SMARTS) is 1. The third-order valence-corrected chi connectivity index (χ3v) is 7.34. The fraction of sp³-hybridized carbons (Fsp3) is 0.321. The normalized spacial score (nSPS) is 17.7. The van der Waals surface area contributed by atoms with Crippen LogP contribution in [0.15, 0.2) is 57.6 Å². The largest absolute Gasteiger partial charge is 0.481 e. The first-order chi connectivity index (χ1) is 18.3. The summed E-state index contributed by atoms with van der Waals surface area (Å²) in [5.74, 6) is -1.49. The minimum atomic E-state index is -4.71. The summed E-state index contributed by atoms with van der Waals surface area (Å²) in [5.41, 5.74) is 2.88. The van der Waals surface area contributed by atoms with Crippen molar-refractivity contribution in [2.24, 2.45) is 5.92 Å². The number of benzene rings is 2. The van der Waals surface area contributed by atoms with E-state index in [4.69, 9.17) is 9.05 Å². The van der Waals surface area contributed by atoms with Crippen LogP contribution in [0, 0.1) is 5.92 Å². The van der Waals surface area contributed by atoms with Crippen LogP contribution in [0.5, 0.6) is 0 Å². The van der Waals surface area contributed by atoms with Crippen molar-refractivity contribution < 1.29 is 32.1 Å². The first-order valence-corrected chi connectivity index (χ1v) is 12.5. The number of hydrogen-bond acceptors (Lipinski definition) is 6. The van der Waals surface area contributed by atoms with Crippen molar-refractivity contribution in [1.82, 2.24) is 15.2 Å². The highest BCUT2D eigenvalue weighted by Crippen LogP contribution is 2.46. The van der Waals surface area contributed by atoms with Crippen molar-refractivity contribution in [3.63, 3.8) is 0 Å². The van der Waals surface area contributed by atoms with Crippen LogP contribution in [0.3, 0.4) is 0 Å². The molecule has 6 rings (SSSR count). The number of carbonyl (C=O) groups is 1. The van der Waals surface area contributed by atoms with Crippen molar-refractivity contribution in [3.05, 3.63) is 70.8 Å². The van der Waals surface area contributed by atoms with E-state index in [0.29, 0.717) is 43.6 Å². The Bertz CT molecular complexity index is 1490. The molecule has 4 aromatic rings. The van der Waals surface area contributed by atoms with Crippen LogP contribution in [0.2, 0.25) is 0 Å². The molecule has 0 unspecified atom stereocenters. The average molecular weight is 524 g/mol. The zero-order valence-corrected chi connectivity index (χ0v) is 20.3. The summed E-state index contributed by atoms with van der Waals surface area (Å²) in [6, 6.07) is 14.0. The molecular formula is C28H24F3N3O4. The van der Waals surface area contributed by atoms with Gasteiger partial charge in [0.15, 0.2) is 17.2 Å². The monoisotopic (exact) mass is 523 g/mol. The van der Waals surface area contributed by atoms with E-state index in [1.165, 1.54) is 12.1 Å². The Morgan fingerprint density at radius 1 is 1.03 bits per heavy atom. The van der Waals surface area contributed by atoms with Gasteiger partial charge in [0.2, 0.25) is 0 Å². The minimum absolute atomic E-state index is 0.0268. The standard InChI is InChI=1S/C28H24F3N3O4/c29-28(30,31)22-24(33-37-25(22)17-5-2-1-3-6-17)26-21-11-9-18-13-16(8-10-20(18)23(21)32-38-26)14-34-12-4-7-19(15-34)27(35)36/h1-3,5-6,8,10,13,19H,4,7,9,11-12,14-15H2,(H,35,36)/t19-/m0/s1. The number of halogens is 3. The van der Waals surface area contributed by atoms with Gasteiger partial charge in [-0.25, -0.2) is 0 Å². The average Bonchev–Trinajstić information content (AvgIpc) is 3.54. The summed E-state index contributed by atoms with van der Waals surface area (Å²) < 4.78 is 53.3. The number of rotatable bonds is 5. The Hall–Kier alpha value is -3.92. The van der Waals surface area contributed by atoms with E-state index in [2.05, 4.69) is 21.3 Å². The number of nitrogens with zero attached hydrogens (tertiary/aromatic N) is 3. The van der Waals surface area contributed by atoms with Crippen molar-refractivity contribution in [2.45, 2.75) is 38.4 Å². The highest BCUT2D eigenvalue weighted by molar-refractivity contribution is 5.79. The van der Waals surface area contributed by atoms with E-state index < -0.39 is 23.4 Å². The second-order valence-electron chi connectivity index (χ2n) is 9.84. The van der Waals surface area contributed by atoms with Crippen LogP contribution in [0.25, 0.3) is 34.0 Å². The number of likely N-dealkylation sites (tertiary alicyclic amines) is 1. The molecule has 2 aromatic carbocycles. The third kappa shape index (κ3) is 4.38. The van der Waals surface area contributed by atoms with Crippen LogP contribution < -0.4 is 0 Å². The van der Waals surface area contributed by atoms with Gasteiger partial charge in [-0.3, -0.25) is 9.69 Å². The first-order valence-electron chi connectivity index (χ1n) is 12.5. The van der Waals surface area contributed by atoms with Gasteiger partial charge in [-0.2, -0.15) is 13.2 Å². The summed E-state index contributed by atoms with van der Waals surface area (Å²) in [6.07, 6.45) is -2.12. The molecule has 1 N–H and O–H groups in total. The topological polar surface area (TPSA) is 92.6 Å². The van der Waals surface area contributed by atoms with Gasteiger partial charge in [0.25, 0.3) is 0 Å². The van der Waals surface area contributed by atoms with Gasteiger partial charge in [-0.15, -0.1) is 0 Å². The van der Waals surface area contributed by atoms with E-state index in [-0.39, 0.29) is 23.0 Å². The maximum atomic E-state index is 14.2. The molecule has 0 amide bonds. The summed E-state index contributed by atoms with van der Waals surface area (Å²) >= 11 is 0. The lowest BCUT2D eigenvalue weighted by Crippen LogP contribution is -2.38. The number of aliphatic carboxylic acids is 1. The molecule has 7 nitrogen and oxygen atoms in total. The number of alkyl halides is 3. The molecule has 196 valence electrons. The molecule has 0 spiro atoms. The van der Waals surface area contributed by atoms with Gasteiger partial charge >= 0.3 is 12.1 Å². The molecule has 1 saturated heterocycles. The Kier molecular flexibility index (Phi) is 6.06. The predicted molar refractivity (Wildman–Crippen MR) is 131 cm³/mol. The van der Waals surface area contributed by atoms with Crippen molar-refractivity contribution >= 4 is 5.97 Å². The number of aromatic nitrogens is 2. The van der Waals surface area contributed by atoms with Crippen LogP contribution >= 0.6 is 0 Å². The lowest BCUT2D eigenvalue weighted by molar-refractivity contribution is -0.143. The minimum Gasteiger partial charge on any atom is -0.481 e. The smallest absolute Gasteiger partial charge is 0.422 e. The Labute approximate surface area is 215 Å². The molecule has 10 heteroatoms. The fourth-order valence-corrected chi connectivity index (χ4v) is 5.54. The molecule has 1 fully saturated rings. The van der Waals surface area contributed by atoms with Gasteiger partial charge in [0.05, 0.1) is 5.92 Å². The molecule has 38 heavy (non-hydrogen) atoms. The number of piperidine rings is 1. The second-order valence-corrected chi connectivity index (χ2v) is 9.84. The molecule has 1 atom stereocenters. The van der Waals surface area contributed by atoms with E-state index in [1.54, 1.807) is 18.2 Å². The molecule has 0 radical (unpaired) electrons. The van der Waals surface area contributed by atoms with Crippen molar-refractivity contribution in [2.75, 3.05) is 13.1 Å². The lowest BCUT2D eigenvalue weighted by atomic mass is 9.87. The van der Waals surface area contributed by atoms with Gasteiger partial charge in [-0.05, 0) is 43.4 Å². The molecular weight excluding hydrogens is 499 g/mol. The molecule has 3 heterocycles. The number of aryl methyl sites for hydroxylation is 1. The Morgan fingerprint density at radius 2 is 1.79 bits per heavy atom. The van der Waals surface area contributed by atoms with E-state index in [1.807, 2.05) is 12.1 Å². The highest BCUT2D eigenvalue weighted by atomic mass is 19.4. The lowest BCUT2D eigenvalue weighted by Gasteiger charge is -2.30. The summed E-state index contributed by atoms with van der Waals surface area (Å²) in [6.45, 7) is 2.01. The van der Waals surface area contributed by atoms with Crippen molar-refractivity contribution in [3.8, 4) is 34.0 Å². The molecule has 0 saturated carbocycles. The predicted octanol–water partition coefficient (Wildman–Crippen LogP) is 6.08. The number of carboxylic acids is 1. The molecule has 2 aromatic heterocycles.